The van der Waals surface area contributed by atoms with Crippen LogP contribution in [-0.4, -0.2) is 49.8 Å². The molecule has 1 heterocycles. The van der Waals surface area contributed by atoms with Crippen LogP contribution in [0.1, 0.15) is 39.5 Å². The molecule has 0 amide bonds. The van der Waals surface area contributed by atoms with E-state index in [1.54, 1.807) is 0 Å². The molecule has 1 aliphatic rings. The number of esters is 1. The standard InChI is InChI=1S/C13H25NO3/c1-5-11-9-13(14(3)4,7-8-17-11)10-12(15)16-6-2/h11H,5-10H2,1-4H3. The van der Waals surface area contributed by atoms with Crippen LogP contribution in [0.15, 0.2) is 0 Å². The van der Waals surface area contributed by atoms with Crippen molar-refractivity contribution in [3.8, 4) is 0 Å². The lowest BCUT2D eigenvalue weighted by Crippen LogP contribution is -2.52. The monoisotopic (exact) mass is 243 g/mol. The van der Waals surface area contributed by atoms with Gasteiger partial charge in [-0.3, -0.25) is 4.79 Å². The summed E-state index contributed by atoms with van der Waals surface area (Å²) in [5, 5.41) is 0. The zero-order valence-electron chi connectivity index (χ0n) is 11.5. The van der Waals surface area contributed by atoms with Crippen molar-refractivity contribution in [2.75, 3.05) is 27.3 Å². The first-order valence-electron chi connectivity index (χ1n) is 6.48. The second-order valence-corrected chi connectivity index (χ2v) is 4.96. The highest BCUT2D eigenvalue weighted by molar-refractivity contribution is 5.71. The van der Waals surface area contributed by atoms with Crippen LogP contribution in [0.4, 0.5) is 0 Å². The third kappa shape index (κ3) is 3.68. The Morgan fingerprint density at radius 2 is 2.18 bits per heavy atom. The quantitative estimate of drug-likeness (QED) is 0.691. The van der Waals surface area contributed by atoms with Crippen LogP contribution in [0, 0.1) is 0 Å². The smallest absolute Gasteiger partial charge is 0.307 e. The van der Waals surface area contributed by atoms with Gasteiger partial charge in [0.05, 0.1) is 19.1 Å². The first kappa shape index (κ1) is 14.5. The topological polar surface area (TPSA) is 38.8 Å². The first-order valence-corrected chi connectivity index (χ1v) is 6.48. The van der Waals surface area contributed by atoms with Gasteiger partial charge < -0.3 is 14.4 Å². The number of carbonyl (C=O) groups is 1. The molecule has 0 aliphatic carbocycles. The van der Waals surface area contributed by atoms with E-state index in [1.807, 2.05) is 21.0 Å². The fraction of sp³-hybridized carbons (Fsp3) is 0.923. The lowest BCUT2D eigenvalue weighted by Gasteiger charge is -2.45. The zero-order valence-corrected chi connectivity index (χ0v) is 11.5. The summed E-state index contributed by atoms with van der Waals surface area (Å²) in [5.74, 6) is -0.0991. The van der Waals surface area contributed by atoms with E-state index in [2.05, 4.69) is 11.8 Å². The normalized spacial score (nSPS) is 29.4. The van der Waals surface area contributed by atoms with Gasteiger partial charge in [-0.15, -0.1) is 0 Å². The zero-order chi connectivity index (χ0) is 12.9. The van der Waals surface area contributed by atoms with Crippen LogP contribution in [0.25, 0.3) is 0 Å². The molecule has 1 fully saturated rings. The summed E-state index contributed by atoms with van der Waals surface area (Å²) in [6.45, 7) is 5.16. The highest BCUT2D eigenvalue weighted by Crippen LogP contribution is 2.33. The first-order chi connectivity index (χ1) is 8.04. The van der Waals surface area contributed by atoms with Crippen molar-refractivity contribution in [3.63, 3.8) is 0 Å². The predicted octanol–water partition coefficient (Wildman–Crippen LogP) is 1.83. The molecule has 0 N–H and O–H groups in total. The maximum atomic E-state index is 11.7. The van der Waals surface area contributed by atoms with E-state index < -0.39 is 0 Å². The summed E-state index contributed by atoms with van der Waals surface area (Å²) < 4.78 is 10.8. The summed E-state index contributed by atoms with van der Waals surface area (Å²) in [4.78, 5) is 13.9. The number of hydrogen-bond acceptors (Lipinski definition) is 4. The van der Waals surface area contributed by atoms with Crippen molar-refractivity contribution < 1.29 is 14.3 Å². The highest BCUT2D eigenvalue weighted by atomic mass is 16.5. The van der Waals surface area contributed by atoms with Crippen molar-refractivity contribution in [1.82, 2.24) is 4.90 Å². The molecule has 17 heavy (non-hydrogen) atoms. The van der Waals surface area contributed by atoms with Gasteiger partial charge in [-0.1, -0.05) is 6.92 Å². The Balaban J connectivity index is 2.71. The maximum absolute atomic E-state index is 11.7. The van der Waals surface area contributed by atoms with Gasteiger partial charge in [0.25, 0.3) is 0 Å². The van der Waals surface area contributed by atoms with E-state index in [-0.39, 0.29) is 17.6 Å². The second kappa shape index (κ2) is 6.36. The molecule has 1 rings (SSSR count). The SMILES string of the molecule is CCOC(=O)CC1(N(C)C)CCOC(CC)C1. The molecule has 0 aromatic rings. The molecule has 0 bridgehead atoms. The van der Waals surface area contributed by atoms with Crippen LogP contribution in [0.2, 0.25) is 0 Å². The molecule has 4 heteroatoms. The molecule has 0 aromatic carbocycles. The molecule has 0 saturated carbocycles. The minimum Gasteiger partial charge on any atom is -0.466 e. The van der Waals surface area contributed by atoms with Gasteiger partial charge in [0.1, 0.15) is 0 Å². The molecular formula is C13H25NO3. The van der Waals surface area contributed by atoms with Crippen LogP contribution < -0.4 is 0 Å². The average Bonchev–Trinajstić information content (AvgIpc) is 2.29. The van der Waals surface area contributed by atoms with Gasteiger partial charge >= 0.3 is 5.97 Å². The summed E-state index contributed by atoms with van der Waals surface area (Å²) in [5.41, 5.74) is -0.0921. The number of hydrogen-bond donors (Lipinski definition) is 0. The second-order valence-electron chi connectivity index (χ2n) is 4.96. The van der Waals surface area contributed by atoms with E-state index in [9.17, 15) is 4.79 Å². The van der Waals surface area contributed by atoms with Crippen LogP contribution in [0.3, 0.4) is 0 Å². The maximum Gasteiger partial charge on any atom is 0.307 e. The van der Waals surface area contributed by atoms with Crippen molar-refractivity contribution in [2.24, 2.45) is 0 Å². The fourth-order valence-corrected chi connectivity index (χ4v) is 2.47. The van der Waals surface area contributed by atoms with Gasteiger partial charge in [-0.2, -0.15) is 0 Å². The van der Waals surface area contributed by atoms with Gasteiger partial charge in [-0.25, -0.2) is 0 Å². The Kier molecular flexibility index (Phi) is 5.40. The Morgan fingerprint density at radius 3 is 2.71 bits per heavy atom. The van der Waals surface area contributed by atoms with Crippen LogP contribution in [-0.2, 0) is 14.3 Å². The predicted molar refractivity (Wildman–Crippen MR) is 66.9 cm³/mol. The summed E-state index contributed by atoms with van der Waals surface area (Å²) in [7, 11) is 4.08. The van der Waals surface area contributed by atoms with Gasteiger partial charge in [0, 0.05) is 12.1 Å². The molecule has 0 radical (unpaired) electrons. The highest BCUT2D eigenvalue weighted by Gasteiger charge is 2.40. The molecule has 4 nitrogen and oxygen atoms in total. The lowest BCUT2D eigenvalue weighted by atomic mass is 9.82. The van der Waals surface area contributed by atoms with Gasteiger partial charge in [0.2, 0.25) is 0 Å². The molecule has 2 atom stereocenters. The van der Waals surface area contributed by atoms with Crippen molar-refractivity contribution in [3.05, 3.63) is 0 Å². The van der Waals surface area contributed by atoms with E-state index in [0.29, 0.717) is 13.0 Å². The van der Waals surface area contributed by atoms with Gasteiger partial charge in [-0.05, 0) is 40.3 Å². The van der Waals surface area contributed by atoms with E-state index in [0.717, 1.165) is 25.9 Å². The Bertz CT molecular complexity index is 255. The minimum atomic E-state index is -0.0991. The van der Waals surface area contributed by atoms with Gasteiger partial charge in [0.15, 0.2) is 0 Å². The number of nitrogens with zero attached hydrogens (tertiary/aromatic N) is 1. The average molecular weight is 243 g/mol. The minimum absolute atomic E-state index is 0.0921. The molecule has 1 aliphatic heterocycles. The summed E-state index contributed by atoms with van der Waals surface area (Å²) in [6, 6.07) is 0. The number of carbonyl (C=O) groups excluding carboxylic acids is 1. The Hall–Kier alpha value is -0.610. The number of ether oxygens (including phenoxy) is 2. The largest absolute Gasteiger partial charge is 0.466 e. The number of rotatable bonds is 5. The van der Waals surface area contributed by atoms with Crippen molar-refractivity contribution >= 4 is 5.97 Å². The van der Waals surface area contributed by atoms with Crippen molar-refractivity contribution in [2.45, 2.75) is 51.2 Å². The Labute approximate surface area is 104 Å². The van der Waals surface area contributed by atoms with Crippen LogP contribution in [0.5, 0.6) is 0 Å². The Morgan fingerprint density at radius 1 is 1.47 bits per heavy atom. The van der Waals surface area contributed by atoms with Crippen molar-refractivity contribution in [1.29, 1.82) is 0 Å². The van der Waals surface area contributed by atoms with E-state index in [4.69, 9.17) is 9.47 Å². The lowest BCUT2D eigenvalue weighted by molar-refractivity contribution is -0.149. The molecule has 100 valence electrons. The molecular weight excluding hydrogens is 218 g/mol. The third-order valence-corrected chi connectivity index (χ3v) is 3.71. The van der Waals surface area contributed by atoms with E-state index in [1.165, 1.54) is 0 Å². The summed E-state index contributed by atoms with van der Waals surface area (Å²) >= 11 is 0. The molecule has 0 spiro atoms. The molecule has 1 saturated heterocycles. The van der Waals surface area contributed by atoms with E-state index >= 15 is 0 Å². The van der Waals surface area contributed by atoms with Crippen LogP contribution >= 0.6 is 0 Å². The fourth-order valence-electron chi connectivity index (χ4n) is 2.47. The molecule has 2 unspecified atom stereocenters. The summed E-state index contributed by atoms with van der Waals surface area (Å²) in [6.07, 6.45) is 3.54. The third-order valence-electron chi connectivity index (χ3n) is 3.71. The molecule has 0 aromatic heterocycles.